The van der Waals surface area contributed by atoms with Crippen LogP contribution in [-0.4, -0.2) is 22.6 Å². The SMILES string of the molecule is CC(C)C(CNc1cc(C(F)(F)F)ccn1)C(=O)O. The Bertz CT molecular complexity index is 447. The monoisotopic (exact) mass is 276 g/mol. The Morgan fingerprint density at radius 1 is 1.47 bits per heavy atom. The molecule has 106 valence electrons. The lowest BCUT2D eigenvalue weighted by molar-refractivity contribution is -0.142. The van der Waals surface area contributed by atoms with Crippen molar-refractivity contribution in [3.05, 3.63) is 23.9 Å². The van der Waals surface area contributed by atoms with E-state index in [0.29, 0.717) is 0 Å². The number of hydrogen-bond acceptors (Lipinski definition) is 3. The molecule has 7 heteroatoms. The first kappa shape index (κ1) is 15.3. The average molecular weight is 276 g/mol. The standard InChI is InChI=1S/C12H15F3N2O2/c1-7(2)9(11(18)19)6-17-10-5-8(3-4-16-10)12(13,14)15/h3-5,7,9H,6H2,1-2H3,(H,16,17)(H,18,19). The number of rotatable bonds is 5. The van der Waals surface area contributed by atoms with Crippen molar-refractivity contribution in [3.63, 3.8) is 0 Å². The van der Waals surface area contributed by atoms with Gasteiger partial charge in [-0.3, -0.25) is 4.79 Å². The highest BCUT2D eigenvalue weighted by Gasteiger charge is 2.30. The van der Waals surface area contributed by atoms with E-state index in [1.165, 1.54) is 0 Å². The fourth-order valence-electron chi connectivity index (χ4n) is 1.53. The molecule has 19 heavy (non-hydrogen) atoms. The van der Waals surface area contributed by atoms with Crippen LogP contribution in [0, 0.1) is 11.8 Å². The maximum atomic E-state index is 12.5. The minimum Gasteiger partial charge on any atom is -0.481 e. The molecular weight excluding hydrogens is 261 g/mol. The van der Waals surface area contributed by atoms with E-state index in [2.05, 4.69) is 10.3 Å². The van der Waals surface area contributed by atoms with Gasteiger partial charge in [-0.05, 0) is 18.1 Å². The van der Waals surface area contributed by atoms with Gasteiger partial charge in [0.15, 0.2) is 0 Å². The summed E-state index contributed by atoms with van der Waals surface area (Å²) in [5.41, 5.74) is -0.818. The normalized spacial score (nSPS) is 13.4. The van der Waals surface area contributed by atoms with E-state index in [1.54, 1.807) is 13.8 Å². The van der Waals surface area contributed by atoms with Crippen molar-refractivity contribution in [1.82, 2.24) is 4.98 Å². The second kappa shape index (κ2) is 5.90. The predicted molar refractivity (Wildman–Crippen MR) is 63.7 cm³/mol. The minimum atomic E-state index is -4.44. The van der Waals surface area contributed by atoms with Crippen molar-refractivity contribution in [1.29, 1.82) is 0 Å². The maximum Gasteiger partial charge on any atom is 0.416 e. The molecule has 1 aromatic heterocycles. The third-order valence-corrected chi connectivity index (χ3v) is 2.71. The first-order valence-electron chi connectivity index (χ1n) is 5.71. The van der Waals surface area contributed by atoms with Gasteiger partial charge in [-0.25, -0.2) is 4.98 Å². The minimum absolute atomic E-state index is 0.0155. The number of pyridine rings is 1. The number of nitrogens with zero attached hydrogens (tertiary/aromatic N) is 1. The summed E-state index contributed by atoms with van der Waals surface area (Å²) < 4.78 is 37.4. The number of hydrogen-bond donors (Lipinski definition) is 2. The summed E-state index contributed by atoms with van der Waals surface area (Å²) in [6.45, 7) is 3.50. The van der Waals surface area contributed by atoms with E-state index >= 15 is 0 Å². The van der Waals surface area contributed by atoms with Gasteiger partial charge in [0.2, 0.25) is 0 Å². The first-order chi connectivity index (χ1) is 8.71. The Hall–Kier alpha value is -1.79. The summed E-state index contributed by atoms with van der Waals surface area (Å²) in [5, 5.41) is 11.6. The molecule has 0 aliphatic rings. The van der Waals surface area contributed by atoms with Crippen molar-refractivity contribution in [2.75, 3.05) is 11.9 Å². The topological polar surface area (TPSA) is 62.2 Å². The number of carboxylic acid groups (broad SMARTS) is 1. The zero-order valence-corrected chi connectivity index (χ0v) is 10.5. The third kappa shape index (κ3) is 4.42. The van der Waals surface area contributed by atoms with Crippen LogP contribution >= 0.6 is 0 Å². The van der Waals surface area contributed by atoms with Crippen LogP contribution in [0.2, 0.25) is 0 Å². The van der Waals surface area contributed by atoms with Gasteiger partial charge in [-0.2, -0.15) is 13.2 Å². The van der Waals surface area contributed by atoms with Crippen molar-refractivity contribution in [2.45, 2.75) is 20.0 Å². The summed E-state index contributed by atoms with van der Waals surface area (Å²) in [5.74, 6) is -1.79. The van der Waals surface area contributed by atoms with Crippen LogP contribution in [-0.2, 0) is 11.0 Å². The van der Waals surface area contributed by atoms with Crippen LogP contribution in [0.1, 0.15) is 19.4 Å². The number of aromatic nitrogens is 1. The molecule has 0 saturated heterocycles. The van der Waals surface area contributed by atoms with Crippen molar-refractivity contribution < 1.29 is 23.1 Å². The molecule has 0 aliphatic carbocycles. The maximum absolute atomic E-state index is 12.5. The summed E-state index contributed by atoms with van der Waals surface area (Å²) in [6, 6.07) is 1.72. The lowest BCUT2D eigenvalue weighted by Crippen LogP contribution is -2.27. The molecule has 0 fully saturated rings. The van der Waals surface area contributed by atoms with Crippen molar-refractivity contribution >= 4 is 11.8 Å². The van der Waals surface area contributed by atoms with E-state index in [0.717, 1.165) is 18.3 Å². The molecular formula is C12H15F3N2O2. The fraction of sp³-hybridized carbons (Fsp3) is 0.500. The van der Waals surface area contributed by atoms with Gasteiger partial charge < -0.3 is 10.4 Å². The number of halogens is 3. The molecule has 0 spiro atoms. The van der Waals surface area contributed by atoms with Crippen molar-refractivity contribution in [2.24, 2.45) is 11.8 Å². The highest BCUT2D eigenvalue weighted by molar-refractivity contribution is 5.71. The molecule has 4 nitrogen and oxygen atoms in total. The molecule has 0 saturated carbocycles. The van der Waals surface area contributed by atoms with Gasteiger partial charge >= 0.3 is 12.1 Å². The Kier molecular flexibility index (Phi) is 4.74. The van der Waals surface area contributed by atoms with E-state index in [-0.39, 0.29) is 18.3 Å². The molecule has 0 amide bonds. The van der Waals surface area contributed by atoms with Crippen LogP contribution in [0.15, 0.2) is 18.3 Å². The molecule has 1 aromatic rings. The van der Waals surface area contributed by atoms with Crippen LogP contribution in [0.4, 0.5) is 19.0 Å². The zero-order valence-electron chi connectivity index (χ0n) is 10.5. The molecule has 1 unspecified atom stereocenters. The molecule has 2 N–H and O–H groups in total. The lowest BCUT2D eigenvalue weighted by Gasteiger charge is -2.17. The van der Waals surface area contributed by atoms with Gasteiger partial charge in [0, 0.05) is 12.7 Å². The Morgan fingerprint density at radius 2 is 2.11 bits per heavy atom. The summed E-state index contributed by atoms with van der Waals surface area (Å²) in [7, 11) is 0. The van der Waals surface area contributed by atoms with Crippen molar-refractivity contribution in [3.8, 4) is 0 Å². The zero-order chi connectivity index (χ0) is 14.6. The highest BCUT2D eigenvalue weighted by atomic mass is 19.4. The second-order valence-corrected chi connectivity index (χ2v) is 4.50. The number of carboxylic acids is 1. The second-order valence-electron chi connectivity index (χ2n) is 4.50. The van der Waals surface area contributed by atoms with Crippen LogP contribution in [0.25, 0.3) is 0 Å². The van der Waals surface area contributed by atoms with E-state index < -0.39 is 23.6 Å². The number of carbonyl (C=O) groups is 1. The largest absolute Gasteiger partial charge is 0.481 e. The Labute approximate surface area is 108 Å². The van der Waals surface area contributed by atoms with Gasteiger partial charge in [-0.1, -0.05) is 13.8 Å². The lowest BCUT2D eigenvalue weighted by atomic mass is 9.96. The molecule has 0 bridgehead atoms. The molecule has 0 radical (unpaired) electrons. The van der Waals surface area contributed by atoms with E-state index in [9.17, 15) is 18.0 Å². The Balaban J connectivity index is 2.75. The number of anilines is 1. The van der Waals surface area contributed by atoms with E-state index in [4.69, 9.17) is 5.11 Å². The number of aliphatic carboxylic acids is 1. The predicted octanol–water partition coefficient (Wildman–Crippen LogP) is 2.87. The molecule has 0 aromatic carbocycles. The molecule has 0 aliphatic heterocycles. The Morgan fingerprint density at radius 3 is 2.58 bits per heavy atom. The third-order valence-electron chi connectivity index (χ3n) is 2.71. The van der Waals surface area contributed by atoms with Gasteiger partial charge in [-0.15, -0.1) is 0 Å². The fourth-order valence-corrected chi connectivity index (χ4v) is 1.53. The van der Waals surface area contributed by atoms with Crippen LogP contribution in [0.3, 0.4) is 0 Å². The summed E-state index contributed by atoms with van der Waals surface area (Å²) in [4.78, 5) is 14.7. The number of nitrogens with one attached hydrogen (secondary N) is 1. The average Bonchev–Trinajstić information content (AvgIpc) is 2.27. The summed E-state index contributed by atoms with van der Waals surface area (Å²) >= 11 is 0. The molecule has 1 atom stereocenters. The van der Waals surface area contributed by atoms with Gasteiger partial charge in [0.1, 0.15) is 5.82 Å². The first-order valence-corrected chi connectivity index (χ1v) is 5.71. The van der Waals surface area contributed by atoms with Crippen LogP contribution < -0.4 is 5.32 Å². The molecule has 1 heterocycles. The highest BCUT2D eigenvalue weighted by Crippen LogP contribution is 2.29. The van der Waals surface area contributed by atoms with Gasteiger partial charge in [0.05, 0.1) is 11.5 Å². The number of alkyl halides is 3. The van der Waals surface area contributed by atoms with Crippen LogP contribution in [0.5, 0.6) is 0 Å². The van der Waals surface area contributed by atoms with Gasteiger partial charge in [0.25, 0.3) is 0 Å². The smallest absolute Gasteiger partial charge is 0.416 e. The summed E-state index contributed by atoms with van der Waals surface area (Å²) in [6.07, 6.45) is -3.40. The molecule has 1 rings (SSSR count). The quantitative estimate of drug-likeness (QED) is 0.868. The van der Waals surface area contributed by atoms with E-state index in [1.807, 2.05) is 0 Å².